The van der Waals surface area contributed by atoms with E-state index in [0.717, 1.165) is 4.57 Å². The summed E-state index contributed by atoms with van der Waals surface area (Å²) in [5, 5.41) is 5.52. The highest BCUT2D eigenvalue weighted by Crippen LogP contribution is 2.07. The normalized spacial score (nSPS) is 10.6. The molecule has 0 radical (unpaired) electrons. The lowest BCUT2D eigenvalue weighted by Crippen LogP contribution is -2.37. The molecule has 9 heteroatoms. The highest BCUT2D eigenvalue weighted by atomic mass is 16.2. The number of nitrogens with zero attached hydrogens (tertiary/aromatic N) is 3. The van der Waals surface area contributed by atoms with E-state index in [2.05, 4.69) is 15.6 Å². The Bertz CT molecular complexity index is 912. The molecule has 2 aromatic rings. The molecule has 2 N–H and O–H groups in total. The summed E-state index contributed by atoms with van der Waals surface area (Å²) in [6.07, 6.45) is 1.91. The van der Waals surface area contributed by atoms with Crippen molar-refractivity contribution in [2.45, 2.75) is 13.3 Å². The molecule has 0 aliphatic carbocycles. The van der Waals surface area contributed by atoms with Gasteiger partial charge in [-0.3, -0.25) is 23.5 Å². The Morgan fingerprint density at radius 2 is 1.79 bits per heavy atom. The zero-order valence-electron chi connectivity index (χ0n) is 13.8. The van der Waals surface area contributed by atoms with Crippen LogP contribution in [-0.4, -0.2) is 39.0 Å². The van der Waals surface area contributed by atoms with Gasteiger partial charge in [-0.2, -0.15) is 0 Å². The molecule has 0 aliphatic heterocycles. The lowest BCUT2D eigenvalue weighted by atomic mass is 10.2. The minimum Gasteiger partial charge on any atom is -0.356 e. The summed E-state index contributed by atoms with van der Waals surface area (Å²) in [6.45, 7) is 2.27. The van der Waals surface area contributed by atoms with Gasteiger partial charge in [0, 0.05) is 40.3 Å². The van der Waals surface area contributed by atoms with Gasteiger partial charge in [-0.25, -0.2) is 9.78 Å². The van der Waals surface area contributed by atoms with Gasteiger partial charge in [-0.15, -0.1) is 0 Å². The number of aryl methyl sites for hydroxylation is 1. The van der Waals surface area contributed by atoms with Crippen molar-refractivity contribution in [2.75, 3.05) is 13.1 Å². The lowest BCUT2D eigenvalue weighted by Gasteiger charge is -2.09. The highest BCUT2D eigenvalue weighted by molar-refractivity contribution is 5.96. The highest BCUT2D eigenvalue weighted by Gasteiger charge is 2.13. The maximum Gasteiger partial charge on any atom is 0.332 e. The van der Waals surface area contributed by atoms with Crippen LogP contribution in [-0.2, 0) is 18.9 Å². The monoisotopic (exact) mass is 333 g/mol. The van der Waals surface area contributed by atoms with Gasteiger partial charge < -0.3 is 10.6 Å². The zero-order chi connectivity index (χ0) is 17.9. The van der Waals surface area contributed by atoms with Gasteiger partial charge in [0.1, 0.15) is 5.65 Å². The van der Waals surface area contributed by atoms with Crippen LogP contribution < -0.4 is 21.9 Å². The molecule has 2 amide bonds. The first-order chi connectivity index (χ1) is 11.3. The molecule has 0 fully saturated rings. The van der Waals surface area contributed by atoms with Gasteiger partial charge in [0.05, 0.1) is 10.9 Å². The average Bonchev–Trinajstić information content (AvgIpc) is 2.56. The van der Waals surface area contributed by atoms with Gasteiger partial charge >= 0.3 is 5.69 Å². The van der Waals surface area contributed by atoms with E-state index in [1.165, 1.54) is 37.8 Å². The fourth-order valence-electron chi connectivity index (χ4n) is 2.25. The molecule has 0 bridgehead atoms. The van der Waals surface area contributed by atoms with Crippen LogP contribution in [0.3, 0.4) is 0 Å². The van der Waals surface area contributed by atoms with Gasteiger partial charge in [0.2, 0.25) is 5.91 Å². The Morgan fingerprint density at radius 1 is 1.12 bits per heavy atom. The summed E-state index contributed by atoms with van der Waals surface area (Å²) in [4.78, 5) is 50.9. The first-order valence-electron chi connectivity index (χ1n) is 7.41. The fraction of sp³-hybridized carbons (Fsp3) is 0.400. The topological polar surface area (TPSA) is 115 Å². The third kappa shape index (κ3) is 3.50. The molecular formula is C15H19N5O4. The van der Waals surface area contributed by atoms with Crippen molar-refractivity contribution in [3.8, 4) is 0 Å². The van der Waals surface area contributed by atoms with Crippen molar-refractivity contribution >= 4 is 22.8 Å². The molecule has 0 atom stereocenters. The number of rotatable bonds is 5. The Kier molecular flexibility index (Phi) is 5.12. The third-order valence-corrected chi connectivity index (χ3v) is 3.57. The van der Waals surface area contributed by atoms with E-state index < -0.39 is 11.2 Å². The minimum atomic E-state index is -0.499. The standard InChI is InChI=1S/C15H19N5O4/c1-9(21)16-5-4-6-17-13(22)10-7-11-12(18-8-10)19(2)15(24)20(3)14(11)23/h7-8H,4-6H2,1-3H3,(H,16,21)(H,17,22). The number of pyridine rings is 1. The van der Waals surface area contributed by atoms with Gasteiger partial charge in [-0.05, 0) is 12.5 Å². The minimum absolute atomic E-state index is 0.124. The first kappa shape index (κ1) is 17.4. The van der Waals surface area contributed by atoms with Crippen molar-refractivity contribution in [3.05, 3.63) is 38.7 Å². The number of carbonyl (C=O) groups excluding carboxylic acids is 2. The van der Waals surface area contributed by atoms with E-state index in [0.29, 0.717) is 19.5 Å². The summed E-state index contributed by atoms with van der Waals surface area (Å²) in [5.41, 5.74) is -0.515. The second-order valence-corrected chi connectivity index (χ2v) is 5.39. The molecule has 0 saturated carbocycles. The number of carbonyl (C=O) groups is 2. The molecule has 0 aliphatic rings. The van der Waals surface area contributed by atoms with Crippen molar-refractivity contribution in [2.24, 2.45) is 14.1 Å². The Balaban J connectivity index is 2.19. The van der Waals surface area contributed by atoms with E-state index in [1.54, 1.807) is 0 Å². The summed E-state index contributed by atoms with van der Waals surface area (Å²) in [7, 11) is 2.89. The number of hydrogen-bond acceptors (Lipinski definition) is 5. The van der Waals surface area contributed by atoms with Crippen LogP contribution in [0.15, 0.2) is 21.9 Å². The summed E-state index contributed by atoms with van der Waals surface area (Å²) in [5.74, 6) is -0.496. The third-order valence-electron chi connectivity index (χ3n) is 3.57. The maximum atomic E-state index is 12.2. The molecule has 0 unspecified atom stereocenters. The summed E-state index contributed by atoms with van der Waals surface area (Å²) >= 11 is 0. The van der Waals surface area contributed by atoms with Crippen LogP contribution in [0.4, 0.5) is 0 Å². The van der Waals surface area contributed by atoms with Crippen LogP contribution in [0.2, 0.25) is 0 Å². The lowest BCUT2D eigenvalue weighted by molar-refractivity contribution is -0.118. The number of amides is 2. The number of hydrogen-bond donors (Lipinski definition) is 2. The zero-order valence-corrected chi connectivity index (χ0v) is 13.8. The molecule has 128 valence electrons. The van der Waals surface area contributed by atoms with E-state index in [9.17, 15) is 19.2 Å². The predicted molar refractivity (Wildman–Crippen MR) is 87.9 cm³/mol. The van der Waals surface area contributed by atoms with Crippen LogP contribution in [0.5, 0.6) is 0 Å². The molecule has 24 heavy (non-hydrogen) atoms. The van der Waals surface area contributed by atoms with Crippen LogP contribution >= 0.6 is 0 Å². The fourth-order valence-corrected chi connectivity index (χ4v) is 2.25. The quantitative estimate of drug-likeness (QED) is 0.673. The number of nitrogens with one attached hydrogen (secondary N) is 2. The van der Waals surface area contributed by atoms with Crippen molar-refractivity contribution in [1.29, 1.82) is 0 Å². The van der Waals surface area contributed by atoms with Crippen LogP contribution in [0.25, 0.3) is 11.0 Å². The molecule has 0 saturated heterocycles. The van der Waals surface area contributed by atoms with Gasteiger partial charge in [0.15, 0.2) is 0 Å². The van der Waals surface area contributed by atoms with Gasteiger partial charge in [0.25, 0.3) is 11.5 Å². The van der Waals surface area contributed by atoms with E-state index in [4.69, 9.17) is 0 Å². The Hall–Kier alpha value is -2.97. The van der Waals surface area contributed by atoms with Crippen LogP contribution in [0, 0.1) is 0 Å². The SMILES string of the molecule is CC(=O)NCCCNC(=O)c1cnc2c(c1)c(=O)n(C)c(=O)n2C. The van der Waals surface area contributed by atoms with Gasteiger partial charge in [-0.1, -0.05) is 0 Å². The Morgan fingerprint density at radius 3 is 2.46 bits per heavy atom. The van der Waals surface area contributed by atoms with Crippen molar-refractivity contribution in [3.63, 3.8) is 0 Å². The largest absolute Gasteiger partial charge is 0.356 e. The van der Waals surface area contributed by atoms with E-state index in [-0.39, 0.29) is 28.4 Å². The van der Waals surface area contributed by atoms with Crippen molar-refractivity contribution < 1.29 is 9.59 Å². The summed E-state index contributed by atoms with van der Waals surface area (Å²) < 4.78 is 2.23. The predicted octanol–water partition coefficient (Wildman–Crippen LogP) is -1.11. The van der Waals surface area contributed by atoms with Crippen LogP contribution in [0.1, 0.15) is 23.7 Å². The van der Waals surface area contributed by atoms with E-state index >= 15 is 0 Å². The van der Waals surface area contributed by atoms with E-state index in [1.807, 2.05) is 0 Å². The molecule has 2 aromatic heterocycles. The molecule has 2 rings (SSSR count). The second-order valence-electron chi connectivity index (χ2n) is 5.39. The number of fused-ring (bicyclic) bond motifs is 1. The first-order valence-corrected chi connectivity index (χ1v) is 7.41. The smallest absolute Gasteiger partial charge is 0.332 e. The second kappa shape index (κ2) is 7.07. The van der Waals surface area contributed by atoms with Crippen molar-refractivity contribution in [1.82, 2.24) is 24.8 Å². The molecule has 0 spiro atoms. The molecule has 2 heterocycles. The Labute approximate surface area is 137 Å². The molecule has 0 aromatic carbocycles. The molecular weight excluding hydrogens is 314 g/mol. The summed E-state index contributed by atoms with van der Waals surface area (Å²) in [6, 6.07) is 1.42. The molecule has 9 nitrogen and oxygen atoms in total. The average molecular weight is 333 g/mol. The number of aromatic nitrogens is 3. The maximum absolute atomic E-state index is 12.2.